The zero-order chi connectivity index (χ0) is 11.7. The van der Waals surface area contributed by atoms with Crippen LogP contribution in [0.2, 0.25) is 5.28 Å². The first-order valence-electron chi connectivity index (χ1n) is 4.22. The van der Waals surface area contributed by atoms with E-state index in [4.69, 9.17) is 16.3 Å². The molecule has 0 saturated heterocycles. The lowest BCUT2D eigenvalue weighted by atomic mass is 10.3. The highest BCUT2D eigenvalue weighted by atomic mass is 79.9. The number of nitrogens with zero attached hydrogens (tertiary/aromatic N) is 3. The predicted octanol–water partition coefficient (Wildman–Crippen LogP) is 3.45. The van der Waals surface area contributed by atoms with Crippen LogP contribution in [0, 0.1) is 0 Å². The van der Waals surface area contributed by atoms with Gasteiger partial charge in [-0.2, -0.15) is 0 Å². The molecule has 0 spiro atoms. The van der Waals surface area contributed by atoms with E-state index in [1.165, 1.54) is 6.33 Å². The maximum atomic E-state index is 5.90. The largest absolute Gasteiger partial charge is 0.495 e. The van der Waals surface area contributed by atoms with E-state index in [0.29, 0.717) is 11.0 Å². The van der Waals surface area contributed by atoms with Gasteiger partial charge in [0.05, 0.1) is 17.3 Å². The van der Waals surface area contributed by atoms with Gasteiger partial charge in [0, 0.05) is 10.5 Å². The molecule has 0 fully saturated rings. The van der Waals surface area contributed by atoms with Gasteiger partial charge in [0.1, 0.15) is 12.1 Å². The summed E-state index contributed by atoms with van der Waals surface area (Å²) in [6, 6.07) is 3.72. The summed E-state index contributed by atoms with van der Waals surface area (Å²) in [5.41, 5.74) is 0.815. The van der Waals surface area contributed by atoms with Crippen molar-refractivity contribution in [2.45, 2.75) is 0 Å². The summed E-state index contributed by atoms with van der Waals surface area (Å²) in [4.78, 5) is 0. The molecular formula is C9H6Br2ClN3O. The van der Waals surface area contributed by atoms with Crippen LogP contribution in [-0.2, 0) is 0 Å². The maximum Gasteiger partial charge on any atom is 0.229 e. The lowest BCUT2D eigenvalue weighted by Crippen LogP contribution is -1.96. The van der Waals surface area contributed by atoms with Gasteiger partial charge in [0.2, 0.25) is 5.28 Å². The minimum Gasteiger partial charge on any atom is -0.495 e. The van der Waals surface area contributed by atoms with Crippen LogP contribution in [-0.4, -0.2) is 21.9 Å². The summed E-state index contributed by atoms with van der Waals surface area (Å²) in [6.07, 6.45) is 1.54. The normalized spacial score (nSPS) is 10.5. The van der Waals surface area contributed by atoms with Crippen molar-refractivity contribution in [1.29, 1.82) is 0 Å². The van der Waals surface area contributed by atoms with Crippen LogP contribution >= 0.6 is 43.5 Å². The molecule has 0 bridgehead atoms. The number of methoxy groups -OCH3 is 1. The average molecular weight is 367 g/mol. The lowest BCUT2D eigenvalue weighted by molar-refractivity contribution is 0.412. The Morgan fingerprint density at radius 3 is 2.62 bits per heavy atom. The molecule has 0 atom stereocenters. The van der Waals surface area contributed by atoms with Crippen LogP contribution in [0.3, 0.4) is 0 Å². The standard InChI is InChI=1S/C9H6Br2ClN3O/c1-16-8-3-7(5(10)2-6(8)11)15-4-13-14-9(15)12/h2-4H,1H3. The van der Waals surface area contributed by atoms with Gasteiger partial charge < -0.3 is 4.74 Å². The Hall–Kier alpha value is -0.590. The Kier molecular flexibility index (Phi) is 3.51. The van der Waals surface area contributed by atoms with Gasteiger partial charge in [0.25, 0.3) is 0 Å². The first-order valence-corrected chi connectivity index (χ1v) is 6.19. The second-order valence-electron chi connectivity index (χ2n) is 2.91. The summed E-state index contributed by atoms with van der Waals surface area (Å²) in [7, 11) is 1.60. The van der Waals surface area contributed by atoms with Crippen molar-refractivity contribution in [2.75, 3.05) is 7.11 Å². The van der Waals surface area contributed by atoms with Crippen LogP contribution in [0.15, 0.2) is 27.4 Å². The van der Waals surface area contributed by atoms with Crippen molar-refractivity contribution in [1.82, 2.24) is 14.8 Å². The fraction of sp³-hybridized carbons (Fsp3) is 0.111. The number of ether oxygens (including phenoxy) is 1. The van der Waals surface area contributed by atoms with E-state index < -0.39 is 0 Å². The number of hydrogen-bond donors (Lipinski definition) is 0. The zero-order valence-electron chi connectivity index (χ0n) is 8.12. The third-order valence-corrected chi connectivity index (χ3v) is 3.50. The highest BCUT2D eigenvalue weighted by Crippen LogP contribution is 2.34. The number of halogens is 3. The van der Waals surface area contributed by atoms with Crippen LogP contribution < -0.4 is 4.74 Å². The van der Waals surface area contributed by atoms with Crippen molar-refractivity contribution in [2.24, 2.45) is 0 Å². The molecule has 7 heteroatoms. The SMILES string of the molecule is COc1cc(-n2cnnc2Cl)c(Br)cc1Br. The number of aromatic nitrogens is 3. The van der Waals surface area contributed by atoms with Gasteiger partial charge in [0.15, 0.2) is 0 Å². The molecule has 4 nitrogen and oxygen atoms in total. The molecule has 2 rings (SSSR count). The molecule has 1 heterocycles. The number of benzene rings is 1. The quantitative estimate of drug-likeness (QED) is 0.816. The van der Waals surface area contributed by atoms with Gasteiger partial charge in [-0.1, -0.05) is 0 Å². The van der Waals surface area contributed by atoms with E-state index in [9.17, 15) is 0 Å². The molecule has 0 aliphatic rings. The van der Waals surface area contributed by atoms with E-state index in [1.807, 2.05) is 12.1 Å². The van der Waals surface area contributed by atoms with Crippen LogP contribution in [0.4, 0.5) is 0 Å². The highest BCUT2D eigenvalue weighted by molar-refractivity contribution is 9.11. The summed E-state index contributed by atoms with van der Waals surface area (Å²) >= 11 is 12.7. The molecule has 0 aliphatic heterocycles. The molecule has 0 N–H and O–H groups in total. The molecule has 0 radical (unpaired) electrons. The van der Waals surface area contributed by atoms with E-state index in [0.717, 1.165) is 14.6 Å². The van der Waals surface area contributed by atoms with Crippen LogP contribution in [0.1, 0.15) is 0 Å². The molecule has 0 unspecified atom stereocenters. The molecule has 0 saturated carbocycles. The van der Waals surface area contributed by atoms with Crippen LogP contribution in [0.5, 0.6) is 5.75 Å². The maximum absolute atomic E-state index is 5.90. The average Bonchev–Trinajstić information content (AvgIpc) is 2.65. The second-order valence-corrected chi connectivity index (χ2v) is 4.95. The topological polar surface area (TPSA) is 39.9 Å². The van der Waals surface area contributed by atoms with Crippen molar-refractivity contribution in [3.05, 3.63) is 32.7 Å². The Morgan fingerprint density at radius 2 is 2.06 bits per heavy atom. The molecule has 84 valence electrons. The lowest BCUT2D eigenvalue weighted by Gasteiger charge is -2.10. The Morgan fingerprint density at radius 1 is 1.31 bits per heavy atom. The van der Waals surface area contributed by atoms with Crippen LogP contribution in [0.25, 0.3) is 5.69 Å². The minimum atomic E-state index is 0.296. The number of hydrogen-bond acceptors (Lipinski definition) is 3. The summed E-state index contributed by atoms with van der Waals surface area (Å²) in [5, 5.41) is 7.74. The van der Waals surface area contributed by atoms with E-state index in [-0.39, 0.29) is 0 Å². The Bertz CT molecular complexity index is 529. The third-order valence-electron chi connectivity index (χ3n) is 1.99. The molecule has 0 aliphatic carbocycles. The van der Waals surface area contributed by atoms with Gasteiger partial charge in [-0.3, -0.25) is 4.57 Å². The first kappa shape index (κ1) is 11.9. The molecule has 16 heavy (non-hydrogen) atoms. The van der Waals surface area contributed by atoms with Gasteiger partial charge in [-0.25, -0.2) is 0 Å². The van der Waals surface area contributed by atoms with Crippen molar-refractivity contribution in [3.8, 4) is 11.4 Å². The van der Waals surface area contributed by atoms with Gasteiger partial charge >= 0.3 is 0 Å². The fourth-order valence-corrected chi connectivity index (χ4v) is 2.77. The van der Waals surface area contributed by atoms with Gasteiger partial charge in [-0.05, 0) is 49.5 Å². The molecule has 0 amide bonds. The molecule has 1 aromatic carbocycles. The Labute approximate surface area is 114 Å². The zero-order valence-corrected chi connectivity index (χ0v) is 12.0. The fourth-order valence-electron chi connectivity index (χ4n) is 1.24. The van der Waals surface area contributed by atoms with Crippen molar-refractivity contribution < 1.29 is 4.74 Å². The number of rotatable bonds is 2. The Balaban J connectivity index is 2.61. The van der Waals surface area contributed by atoms with E-state index in [1.54, 1.807) is 11.7 Å². The molecular weight excluding hydrogens is 361 g/mol. The first-order chi connectivity index (χ1) is 7.63. The summed E-state index contributed by atoms with van der Waals surface area (Å²) in [5.74, 6) is 0.711. The van der Waals surface area contributed by atoms with Crippen molar-refractivity contribution in [3.63, 3.8) is 0 Å². The van der Waals surface area contributed by atoms with E-state index >= 15 is 0 Å². The minimum absolute atomic E-state index is 0.296. The van der Waals surface area contributed by atoms with Crippen molar-refractivity contribution >= 4 is 43.5 Å². The van der Waals surface area contributed by atoms with E-state index in [2.05, 4.69) is 42.1 Å². The second kappa shape index (κ2) is 4.73. The highest BCUT2D eigenvalue weighted by Gasteiger charge is 2.11. The monoisotopic (exact) mass is 365 g/mol. The summed E-state index contributed by atoms with van der Waals surface area (Å²) < 4.78 is 8.59. The third kappa shape index (κ3) is 2.09. The smallest absolute Gasteiger partial charge is 0.229 e. The molecule has 2 aromatic rings. The van der Waals surface area contributed by atoms with Gasteiger partial charge in [-0.15, -0.1) is 10.2 Å². The summed E-state index contributed by atoms with van der Waals surface area (Å²) in [6.45, 7) is 0. The molecule has 1 aromatic heterocycles. The predicted molar refractivity (Wildman–Crippen MR) is 68.3 cm³/mol.